The van der Waals surface area contributed by atoms with Gasteiger partial charge in [0, 0.05) is 15.8 Å². The molecular weight excluding hydrogens is 466 g/mol. The Labute approximate surface area is 185 Å². The molecule has 4 aromatic rings. The summed E-state index contributed by atoms with van der Waals surface area (Å²) in [6.07, 6.45) is 2.54. The molecule has 0 amide bonds. The van der Waals surface area contributed by atoms with Crippen LogP contribution >= 0.6 is 27.3 Å². The smallest absolute Gasteiger partial charge is 0.192 e. The summed E-state index contributed by atoms with van der Waals surface area (Å²) in [4.78, 5) is 17.0. The molecule has 9 heteroatoms. The number of nitrogens with zero attached hydrogens (tertiary/aromatic N) is 5. The quantitative estimate of drug-likeness (QED) is 0.303. The molecule has 7 nitrogen and oxygen atoms in total. The Morgan fingerprint density at radius 1 is 1.33 bits per heavy atom. The minimum atomic E-state index is -0.195. The van der Waals surface area contributed by atoms with Crippen LogP contribution in [0.1, 0.15) is 42.6 Å². The third kappa shape index (κ3) is 3.61. The third-order valence-corrected chi connectivity index (χ3v) is 6.75. The largest absolute Gasteiger partial charge is 0.387 e. The van der Waals surface area contributed by atoms with E-state index >= 15 is 0 Å². The highest BCUT2D eigenvalue weighted by molar-refractivity contribution is 9.10. The lowest BCUT2D eigenvalue weighted by atomic mass is 9.94. The molecular formula is C21H20BrN5O2S. The van der Waals surface area contributed by atoms with Gasteiger partial charge in [0.2, 0.25) is 0 Å². The molecule has 0 fully saturated rings. The number of thiophene rings is 1. The van der Waals surface area contributed by atoms with Gasteiger partial charge >= 0.3 is 0 Å². The Balaban J connectivity index is 1.42. The fraction of sp³-hybridized carbons (Fsp3) is 0.333. The first kappa shape index (κ1) is 19.6. The minimum Gasteiger partial charge on any atom is -0.387 e. The molecule has 30 heavy (non-hydrogen) atoms. The molecule has 0 unspecified atom stereocenters. The van der Waals surface area contributed by atoms with E-state index in [1.54, 1.807) is 22.2 Å². The first-order valence-electron chi connectivity index (χ1n) is 9.60. The predicted octanol–water partition coefficient (Wildman–Crippen LogP) is 4.89. The van der Waals surface area contributed by atoms with Gasteiger partial charge in [-0.05, 0) is 44.0 Å². The number of hydrogen-bond acceptors (Lipinski definition) is 7. The Bertz CT molecular complexity index is 1280. The SMILES string of the molecule is C/C(=N/OCc1nc2c3c4c(sc3ncn2n1)COC(C)(C)C4)c1ccc(Br)cc1. The van der Waals surface area contributed by atoms with Crippen molar-refractivity contribution in [2.75, 3.05) is 0 Å². The van der Waals surface area contributed by atoms with Crippen LogP contribution in [-0.2, 0) is 29.2 Å². The molecule has 0 bridgehead atoms. The zero-order valence-electron chi connectivity index (χ0n) is 16.8. The van der Waals surface area contributed by atoms with Crippen molar-refractivity contribution in [3.63, 3.8) is 0 Å². The van der Waals surface area contributed by atoms with Gasteiger partial charge in [-0.15, -0.1) is 16.4 Å². The Morgan fingerprint density at radius 2 is 2.13 bits per heavy atom. The maximum Gasteiger partial charge on any atom is 0.192 e. The van der Waals surface area contributed by atoms with Crippen molar-refractivity contribution in [1.82, 2.24) is 19.6 Å². The number of aromatic nitrogens is 4. The number of rotatable bonds is 4. The molecule has 0 atom stereocenters. The first-order chi connectivity index (χ1) is 14.4. The molecule has 0 saturated heterocycles. The number of ether oxygens (including phenoxy) is 1. The van der Waals surface area contributed by atoms with Crippen LogP contribution in [-0.4, -0.2) is 30.9 Å². The lowest BCUT2D eigenvalue weighted by Crippen LogP contribution is -2.31. The molecule has 1 aliphatic rings. The normalized spacial score (nSPS) is 16.2. The van der Waals surface area contributed by atoms with Gasteiger partial charge in [-0.2, -0.15) is 0 Å². The lowest BCUT2D eigenvalue weighted by Gasteiger charge is -2.30. The van der Waals surface area contributed by atoms with Crippen molar-refractivity contribution >= 4 is 48.8 Å². The summed E-state index contributed by atoms with van der Waals surface area (Å²) in [5.41, 5.74) is 3.68. The molecule has 0 radical (unpaired) electrons. The van der Waals surface area contributed by atoms with Gasteiger partial charge in [-0.3, -0.25) is 0 Å². The number of hydrogen-bond donors (Lipinski definition) is 0. The van der Waals surface area contributed by atoms with Gasteiger partial charge in [-0.25, -0.2) is 14.5 Å². The molecule has 0 spiro atoms. The highest BCUT2D eigenvalue weighted by Crippen LogP contribution is 2.39. The van der Waals surface area contributed by atoms with Gasteiger partial charge in [0.1, 0.15) is 11.2 Å². The molecule has 0 N–H and O–H groups in total. The van der Waals surface area contributed by atoms with E-state index in [-0.39, 0.29) is 12.2 Å². The molecule has 0 saturated carbocycles. The summed E-state index contributed by atoms with van der Waals surface area (Å²) in [7, 11) is 0. The molecule has 4 heterocycles. The van der Waals surface area contributed by atoms with Crippen molar-refractivity contribution in [3.8, 4) is 0 Å². The maximum atomic E-state index is 5.96. The van der Waals surface area contributed by atoms with Crippen LogP contribution in [0.4, 0.5) is 0 Å². The van der Waals surface area contributed by atoms with Crippen molar-refractivity contribution in [2.45, 2.75) is 46.0 Å². The lowest BCUT2D eigenvalue weighted by molar-refractivity contribution is -0.0379. The fourth-order valence-electron chi connectivity index (χ4n) is 3.58. The zero-order valence-corrected chi connectivity index (χ0v) is 19.2. The van der Waals surface area contributed by atoms with Gasteiger partial charge in [0.05, 0.1) is 23.3 Å². The van der Waals surface area contributed by atoms with E-state index in [0.717, 1.165) is 38.0 Å². The van der Waals surface area contributed by atoms with Gasteiger partial charge in [0.15, 0.2) is 18.1 Å². The fourth-order valence-corrected chi connectivity index (χ4v) is 4.91. The van der Waals surface area contributed by atoms with Crippen molar-refractivity contribution in [2.24, 2.45) is 5.16 Å². The van der Waals surface area contributed by atoms with Crippen molar-refractivity contribution in [3.05, 3.63) is 56.9 Å². The van der Waals surface area contributed by atoms with Crippen LogP contribution in [0.2, 0.25) is 0 Å². The number of benzene rings is 1. The van der Waals surface area contributed by atoms with E-state index < -0.39 is 0 Å². The van der Waals surface area contributed by atoms with Crippen LogP contribution < -0.4 is 0 Å². The van der Waals surface area contributed by atoms with Crippen LogP contribution in [0, 0.1) is 0 Å². The molecule has 1 aromatic carbocycles. The number of halogens is 1. The molecule has 3 aromatic heterocycles. The topological polar surface area (TPSA) is 73.9 Å². The molecule has 154 valence electrons. The Morgan fingerprint density at radius 3 is 2.93 bits per heavy atom. The summed E-state index contributed by atoms with van der Waals surface area (Å²) < 4.78 is 8.71. The van der Waals surface area contributed by atoms with Gasteiger partial charge in [0.25, 0.3) is 0 Å². The summed E-state index contributed by atoms with van der Waals surface area (Å²) in [5, 5.41) is 9.81. The summed E-state index contributed by atoms with van der Waals surface area (Å²) >= 11 is 5.11. The average Bonchev–Trinajstić information content (AvgIpc) is 3.27. The number of oxime groups is 1. The summed E-state index contributed by atoms with van der Waals surface area (Å²) in [6.45, 7) is 6.95. The monoisotopic (exact) mass is 485 g/mol. The van der Waals surface area contributed by atoms with Crippen LogP contribution in [0.25, 0.3) is 15.9 Å². The second kappa shape index (κ2) is 7.40. The highest BCUT2D eigenvalue weighted by Gasteiger charge is 2.30. The Kier molecular flexibility index (Phi) is 4.83. The van der Waals surface area contributed by atoms with Crippen LogP contribution in [0.5, 0.6) is 0 Å². The van der Waals surface area contributed by atoms with E-state index in [0.29, 0.717) is 12.4 Å². The average molecular weight is 486 g/mol. The predicted molar refractivity (Wildman–Crippen MR) is 120 cm³/mol. The molecule has 0 aliphatic carbocycles. The minimum absolute atomic E-state index is 0.192. The summed E-state index contributed by atoms with van der Waals surface area (Å²) in [6, 6.07) is 7.93. The van der Waals surface area contributed by atoms with E-state index in [4.69, 9.17) is 14.6 Å². The maximum absolute atomic E-state index is 5.96. The van der Waals surface area contributed by atoms with Crippen LogP contribution in [0.3, 0.4) is 0 Å². The summed E-state index contributed by atoms with van der Waals surface area (Å²) in [5.74, 6) is 0.572. The first-order valence-corrected chi connectivity index (χ1v) is 11.2. The second-order valence-corrected chi connectivity index (χ2v) is 9.91. The molecule has 5 rings (SSSR count). The standard InChI is InChI=1S/C21H20BrN5O2S/c1-12(13-4-6-14(22)7-5-13)26-29-10-17-24-19-18-15-8-21(2,3)28-9-16(15)30-20(18)23-11-27(19)25-17/h4-7,11H,8-10H2,1-3H3/b26-12-. The van der Waals surface area contributed by atoms with Crippen molar-refractivity contribution < 1.29 is 9.57 Å². The van der Waals surface area contributed by atoms with E-state index in [2.05, 4.69) is 45.0 Å². The van der Waals surface area contributed by atoms with Crippen molar-refractivity contribution in [1.29, 1.82) is 0 Å². The van der Waals surface area contributed by atoms with E-state index in [1.807, 2.05) is 31.2 Å². The van der Waals surface area contributed by atoms with Gasteiger partial charge < -0.3 is 9.57 Å². The third-order valence-electron chi connectivity index (χ3n) is 5.11. The molecule has 1 aliphatic heterocycles. The van der Waals surface area contributed by atoms with Crippen LogP contribution in [0.15, 0.2) is 40.2 Å². The Hall–Kier alpha value is -2.36. The number of fused-ring (bicyclic) bond motifs is 5. The van der Waals surface area contributed by atoms with E-state index in [1.165, 1.54) is 10.4 Å². The van der Waals surface area contributed by atoms with Gasteiger partial charge in [-0.1, -0.05) is 33.2 Å². The zero-order chi connectivity index (χ0) is 20.9. The highest BCUT2D eigenvalue weighted by atomic mass is 79.9. The van der Waals surface area contributed by atoms with E-state index in [9.17, 15) is 0 Å². The second-order valence-electron chi connectivity index (χ2n) is 7.91.